The Bertz CT molecular complexity index is 2480. The first-order valence-electron chi connectivity index (χ1n) is 15.8. The van der Waals surface area contributed by atoms with Gasteiger partial charge in [0.05, 0.1) is 16.6 Å². The van der Waals surface area contributed by atoms with Crippen LogP contribution >= 0.6 is 6.04 Å². The van der Waals surface area contributed by atoms with Crippen molar-refractivity contribution in [3.63, 3.8) is 0 Å². The third kappa shape index (κ3) is 4.09. The Morgan fingerprint density at radius 2 is 1.30 bits per heavy atom. The van der Waals surface area contributed by atoms with Gasteiger partial charge in [-0.1, -0.05) is 158 Å². The van der Waals surface area contributed by atoms with Crippen molar-refractivity contribution < 1.29 is 0 Å². The van der Waals surface area contributed by atoms with Gasteiger partial charge in [-0.3, -0.25) is 4.40 Å². The number of allylic oxidation sites excluding steroid dienone is 8. The zero-order chi connectivity index (χ0) is 30.9. The Balaban J connectivity index is 1.21. The molecule has 2 nitrogen and oxygen atoms in total. The van der Waals surface area contributed by atoms with Crippen LogP contribution in [0.2, 0.25) is 0 Å². The molecule has 2 atom stereocenters. The lowest BCUT2D eigenvalue weighted by Gasteiger charge is -2.37. The van der Waals surface area contributed by atoms with E-state index in [-0.39, 0.29) is 11.3 Å². The van der Waals surface area contributed by atoms with Crippen molar-refractivity contribution in [2.75, 3.05) is 0 Å². The Morgan fingerprint density at radius 3 is 2.07 bits per heavy atom. The lowest BCUT2D eigenvalue weighted by atomic mass is 9.70. The Kier molecular flexibility index (Phi) is 6.19. The molecule has 2 aromatic heterocycles. The average Bonchev–Trinajstić information content (AvgIpc) is 3.52. The van der Waals surface area contributed by atoms with Gasteiger partial charge < -0.3 is 0 Å². The third-order valence-electron chi connectivity index (χ3n) is 9.86. The van der Waals surface area contributed by atoms with E-state index < -0.39 is 6.04 Å². The summed E-state index contributed by atoms with van der Waals surface area (Å²) < 4.78 is 2.32. The molecular formula is C42H31N2PS. The summed E-state index contributed by atoms with van der Waals surface area (Å²) in [6, 6.07) is 43.2. The van der Waals surface area contributed by atoms with Gasteiger partial charge in [-0.05, 0) is 56.7 Å². The molecule has 2 aliphatic rings. The Hall–Kier alpha value is -4.82. The number of benzene rings is 5. The van der Waals surface area contributed by atoms with Crippen LogP contribution in [0.25, 0.3) is 43.9 Å². The van der Waals surface area contributed by atoms with Crippen molar-refractivity contribution in [2.24, 2.45) is 11.3 Å². The summed E-state index contributed by atoms with van der Waals surface area (Å²) in [6.45, 7) is 2.33. The van der Waals surface area contributed by atoms with Crippen molar-refractivity contribution in [2.45, 2.75) is 6.92 Å². The largest absolute Gasteiger partial charge is 0.292 e. The number of fused-ring (bicyclic) bond motifs is 9. The van der Waals surface area contributed by atoms with Crippen molar-refractivity contribution in [1.29, 1.82) is 0 Å². The summed E-state index contributed by atoms with van der Waals surface area (Å²) in [5.41, 5.74) is 6.64. The van der Waals surface area contributed by atoms with E-state index in [1.54, 1.807) is 0 Å². The highest BCUT2D eigenvalue weighted by atomic mass is 32.4. The molecular weight excluding hydrogens is 596 g/mol. The van der Waals surface area contributed by atoms with Gasteiger partial charge in [0.2, 0.25) is 0 Å². The summed E-state index contributed by atoms with van der Waals surface area (Å²) in [4.78, 5) is 5.15. The van der Waals surface area contributed by atoms with Crippen LogP contribution in [0.15, 0.2) is 169 Å². The van der Waals surface area contributed by atoms with Crippen LogP contribution in [0.3, 0.4) is 0 Å². The number of nitrogens with zero attached hydrogens (tertiary/aromatic N) is 2. The van der Waals surface area contributed by atoms with Crippen LogP contribution in [0.1, 0.15) is 12.5 Å². The van der Waals surface area contributed by atoms with E-state index in [0.717, 1.165) is 16.7 Å². The molecule has 7 aromatic rings. The maximum absolute atomic E-state index is 6.72. The topological polar surface area (TPSA) is 17.3 Å². The highest BCUT2D eigenvalue weighted by molar-refractivity contribution is 8.24. The van der Waals surface area contributed by atoms with E-state index in [1.165, 1.54) is 48.7 Å². The molecule has 220 valence electrons. The predicted molar refractivity (Wildman–Crippen MR) is 200 cm³/mol. The van der Waals surface area contributed by atoms with E-state index in [9.17, 15) is 0 Å². The molecule has 46 heavy (non-hydrogen) atoms. The lowest BCUT2D eigenvalue weighted by molar-refractivity contribution is 0.453. The van der Waals surface area contributed by atoms with E-state index in [1.807, 2.05) is 0 Å². The van der Waals surface area contributed by atoms with Crippen LogP contribution in [-0.4, -0.2) is 9.38 Å². The summed E-state index contributed by atoms with van der Waals surface area (Å²) in [5, 5.41) is 7.33. The predicted octanol–water partition coefficient (Wildman–Crippen LogP) is 9.95. The third-order valence-corrected chi connectivity index (χ3v) is 14.8. The monoisotopic (exact) mass is 626 g/mol. The number of para-hydroxylation sites is 3. The number of rotatable bonds is 4. The molecule has 0 spiro atoms. The minimum absolute atomic E-state index is 0.109. The molecule has 0 aliphatic heterocycles. The van der Waals surface area contributed by atoms with Crippen molar-refractivity contribution in [3.8, 4) is 0 Å². The number of imidazole rings is 1. The maximum Gasteiger partial charge on any atom is 0.146 e. The van der Waals surface area contributed by atoms with Gasteiger partial charge in [-0.2, -0.15) is 0 Å². The summed E-state index contributed by atoms with van der Waals surface area (Å²) in [7, 11) is 0. The molecule has 0 amide bonds. The fourth-order valence-electron chi connectivity index (χ4n) is 7.32. The number of pyridine rings is 1. The van der Waals surface area contributed by atoms with Crippen LogP contribution < -0.4 is 10.6 Å². The average molecular weight is 627 g/mol. The van der Waals surface area contributed by atoms with E-state index in [4.69, 9.17) is 16.8 Å². The molecule has 2 unspecified atom stereocenters. The van der Waals surface area contributed by atoms with Crippen molar-refractivity contribution in [3.05, 3.63) is 175 Å². The highest BCUT2D eigenvalue weighted by Gasteiger charge is 2.36. The lowest BCUT2D eigenvalue weighted by Crippen LogP contribution is -2.26. The molecule has 0 saturated carbocycles. The zero-order valence-corrected chi connectivity index (χ0v) is 27.1. The fraction of sp³-hybridized carbons (Fsp3) is 0.0714. The van der Waals surface area contributed by atoms with Gasteiger partial charge in [0.1, 0.15) is 5.65 Å². The minimum atomic E-state index is -2.24. The Labute approximate surface area is 273 Å². The zero-order valence-electron chi connectivity index (χ0n) is 25.4. The van der Waals surface area contributed by atoms with Crippen molar-refractivity contribution in [1.82, 2.24) is 9.38 Å². The first-order chi connectivity index (χ1) is 22.5. The van der Waals surface area contributed by atoms with Gasteiger partial charge >= 0.3 is 0 Å². The molecule has 0 bridgehead atoms. The summed E-state index contributed by atoms with van der Waals surface area (Å²) in [5.74, 6) is 0.184. The summed E-state index contributed by atoms with van der Waals surface area (Å²) in [6.07, 6.45) is 14.2. The van der Waals surface area contributed by atoms with Gasteiger partial charge in [0.15, 0.2) is 0 Å². The number of aromatic nitrogens is 2. The van der Waals surface area contributed by atoms with Crippen LogP contribution in [0.4, 0.5) is 0 Å². The van der Waals surface area contributed by atoms with Gasteiger partial charge in [0.25, 0.3) is 0 Å². The smallest absolute Gasteiger partial charge is 0.146 e. The van der Waals surface area contributed by atoms with E-state index in [0.29, 0.717) is 0 Å². The van der Waals surface area contributed by atoms with E-state index in [2.05, 4.69) is 175 Å². The van der Waals surface area contributed by atoms with Gasteiger partial charge in [-0.25, -0.2) is 4.98 Å². The molecule has 0 fully saturated rings. The van der Waals surface area contributed by atoms with Crippen LogP contribution in [-0.2, 0) is 11.8 Å². The molecule has 2 heterocycles. The second-order valence-electron chi connectivity index (χ2n) is 12.6. The molecule has 2 aliphatic carbocycles. The number of hydrogen-bond donors (Lipinski definition) is 0. The molecule has 0 radical (unpaired) electrons. The SMILES string of the molecule is CC12C=CC(c3ccc4c5ccccc5n5c6ccccc6nc5c4c3)=CC1C=C(P(=S)(c1ccccc1)c1ccccc1)C=C2. The molecule has 0 saturated heterocycles. The molecule has 4 heteroatoms. The number of hydrogen-bond acceptors (Lipinski definition) is 2. The van der Waals surface area contributed by atoms with Crippen molar-refractivity contribution >= 4 is 72.4 Å². The van der Waals surface area contributed by atoms with E-state index >= 15 is 0 Å². The summed E-state index contributed by atoms with van der Waals surface area (Å²) >= 11 is 6.72. The normalized spacial score (nSPS) is 19.5. The Morgan fingerprint density at radius 1 is 0.652 bits per heavy atom. The van der Waals surface area contributed by atoms with Gasteiger partial charge in [-0.15, -0.1) is 0 Å². The second-order valence-corrected chi connectivity index (χ2v) is 17.0. The van der Waals surface area contributed by atoms with Crippen LogP contribution in [0.5, 0.6) is 0 Å². The maximum atomic E-state index is 6.72. The fourth-order valence-corrected chi connectivity index (χ4v) is 11.2. The molecule has 5 aromatic carbocycles. The minimum Gasteiger partial charge on any atom is -0.292 e. The first-order valence-corrected chi connectivity index (χ1v) is 18.6. The molecule has 0 N–H and O–H groups in total. The molecule has 9 rings (SSSR count). The quantitative estimate of drug-likeness (QED) is 0.143. The second kappa shape index (κ2) is 10.4. The van der Waals surface area contributed by atoms with Gasteiger partial charge in [0, 0.05) is 28.1 Å². The first kappa shape index (κ1) is 27.5. The standard InChI is InChI=1S/C42H31N2PS/c1-42-24-22-30(26-31(42)28-34(23-25-42)45(46,32-12-4-2-5-13-32)33-14-6-3-7-15-33)29-20-21-35-36-16-8-10-18-39(36)44-40-19-11-9-17-38(40)43-41(44)37(35)27-29/h2-28,31H,1H3. The highest BCUT2D eigenvalue weighted by Crippen LogP contribution is 2.57. The van der Waals surface area contributed by atoms with Crippen LogP contribution in [0, 0.1) is 11.3 Å².